The van der Waals surface area contributed by atoms with E-state index in [1.54, 1.807) is 14.0 Å². The number of hydrogen-bond donors (Lipinski definition) is 1. The largest absolute Gasteiger partial charge is 0.481 e. The number of methoxy groups -OCH3 is 1. The monoisotopic (exact) mass is 300 g/mol. The van der Waals surface area contributed by atoms with Crippen molar-refractivity contribution in [3.63, 3.8) is 0 Å². The van der Waals surface area contributed by atoms with E-state index < -0.39 is 17.8 Å². The quantitative estimate of drug-likeness (QED) is 0.948. The SMILES string of the molecule is COc1c(C(O)c2ccc(C(F)(F)F)cc2)c(C)nn1C. The Morgan fingerprint density at radius 3 is 2.29 bits per heavy atom. The van der Waals surface area contributed by atoms with E-state index in [2.05, 4.69) is 5.10 Å². The van der Waals surface area contributed by atoms with Gasteiger partial charge in [0.2, 0.25) is 5.88 Å². The number of ether oxygens (including phenoxy) is 1. The summed E-state index contributed by atoms with van der Waals surface area (Å²) in [5, 5.41) is 14.5. The molecule has 0 bridgehead atoms. The van der Waals surface area contributed by atoms with Crippen LogP contribution in [0.4, 0.5) is 13.2 Å². The lowest BCUT2D eigenvalue weighted by Gasteiger charge is -2.14. The summed E-state index contributed by atoms with van der Waals surface area (Å²) in [6.45, 7) is 1.70. The molecular weight excluding hydrogens is 285 g/mol. The highest BCUT2D eigenvalue weighted by atomic mass is 19.4. The van der Waals surface area contributed by atoms with Crippen LogP contribution in [0.2, 0.25) is 0 Å². The van der Waals surface area contributed by atoms with Gasteiger partial charge in [-0.1, -0.05) is 12.1 Å². The Morgan fingerprint density at radius 1 is 1.24 bits per heavy atom. The number of benzene rings is 1. The van der Waals surface area contributed by atoms with Crippen LogP contribution in [-0.2, 0) is 13.2 Å². The van der Waals surface area contributed by atoms with Crippen molar-refractivity contribution < 1.29 is 23.0 Å². The highest BCUT2D eigenvalue weighted by Crippen LogP contribution is 2.34. The van der Waals surface area contributed by atoms with Crippen LogP contribution in [0.1, 0.15) is 28.5 Å². The van der Waals surface area contributed by atoms with Gasteiger partial charge >= 0.3 is 6.18 Å². The first-order valence-electron chi connectivity index (χ1n) is 6.18. The average molecular weight is 300 g/mol. The minimum Gasteiger partial charge on any atom is -0.481 e. The molecule has 0 amide bonds. The number of aryl methyl sites for hydroxylation is 2. The van der Waals surface area contributed by atoms with Gasteiger partial charge in [0.25, 0.3) is 0 Å². The third-order valence-corrected chi connectivity index (χ3v) is 3.23. The number of aromatic nitrogens is 2. The highest BCUT2D eigenvalue weighted by Gasteiger charge is 2.30. The van der Waals surface area contributed by atoms with Gasteiger partial charge in [0.15, 0.2) is 0 Å². The standard InChI is InChI=1S/C14H15F3N2O2/c1-8-11(13(21-3)19(2)18-8)12(20)9-4-6-10(7-5-9)14(15,16)17/h4-7,12,20H,1-3H3. The van der Waals surface area contributed by atoms with Crippen LogP contribution in [0.3, 0.4) is 0 Å². The van der Waals surface area contributed by atoms with Crippen LogP contribution < -0.4 is 4.74 Å². The molecule has 0 aliphatic carbocycles. The minimum absolute atomic E-state index is 0.345. The molecule has 1 N–H and O–H groups in total. The molecule has 1 aromatic carbocycles. The lowest BCUT2D eigenvalue weighted by molar-refractivity contribution is -0.137. The molecule has 4 nitrogen and oxygen atoms in total. The van der Waals surface area contributed by atoms with Gasteiger partial charge in [-0.2, -0.15) is 18.3 Å². The predicted octanol–water partition coefficient (Wildman–Crippen LogP) is 2.84. The van der Waals surface area contributed by atoms with E-state index in [1.807, 2.05) is 0 Å². The summed E-state index contributed by atoms with van der Waals surface area (Å²) in [6.07, 6.45) is -5.50. The van der Waals surface area contributed by atoms with Crippen LogP contribution in [-0.4, -0.2) is 22.0 Å². The molecule has 1 aromatic heterocycles. The molecule has 0 saturated heterocycles. The Balaban J connectivity index is 2.39. The van der Waals surface area contributed by atoms with Gasteiger partial charge in [0.1, 0.15) is 6.10 Å². The van der Waals surface area contributed by atoms with Gasteiger partial charge in [-0.05, 0) is 24.6 Å². The first kappa shape index (κ1) is 15.4. The van der Waals surface area contributed by atoms with Crippen molar-refractivity contribution in [3.8, 4) is 5.88 Å². The molecule has 21 heavy (non-hydrogen) atoms. The molecule has 2 aromatic rings. The molecule has 114 valence electrons. The highest BCUT2D eigenvalue weighted by molar-refractivity contribution is 5.40. The first-order chi connectivity index (χ1) is 9.75. The number of nitrogens with zero attached hydrogens (tertiary/aromatic N) is 2. The van der Waals surface area contributed by atoms with Crippen LogP contribution in [0.25, 0.3) is 0 Å². The molecule has 0 saturated carbocycles. The van der Waals surface area contributed by atoms with Gasteiger partial charge in [-0.3, -0.25) is 0 Å². The van der Waals surface area contributed by atoms with Crippen molar-refractivity contribution in [3.05, 3.63) is 46.6 Å². The molecule has 2 rings (SSSR count). The molecule has 1 atom stereocenters. The second-order valence-electron chi connectivity index (χ2n) is 4.65. The normalized spacial score (nSPS) is 13.3. The fourth-order valence-corrected chi connectivity index (χ4v) is 2.23. The summed E-state index contributed by atoms with van der Waals surface area (Å²) >= 11 is 0. The average Bonchev–Trinajstić information content (AvgIpc) is 2.71. The Hall–Kier alpha value is -2.02. The maximum absolute atomic E-state index is 12.5. The van der Waals surface area contributed by atoms with E-state index in [-0.39, 0.29) is 0 Å². The van der Waals surface area contributed by atoms with E-state index >= 15 is 0 Å². The second-order valence-corrected chi connectivity index (χ2v) is 4.65. The van der Waals surface area contributed by atoms with Gasteiger partial charge < -0.3 is 9.84 Å². The van der Waals surface area contributed by atoms with Crippen molar-refractivity contribution in [1.82, 2.24) is 9.78 Å². The van der Waals surface area contributed by atoms with Gasteiger partial charge in [-0.25, -0.2) is 4.68 Å². The lowest BCUT2D eigenvalue weighted by Crippen LogP contribution is -2.07. The van der Waals surface area contributed by atoms with E-state index in [4.69, 9.17) is 4.74 Å². The predicted molar refractivity (Wildman–Crippen MR) is 70.0 cm³/mol. The topological polar surface area (TPSA) is 47.3 Å². The fourth-order valence-electron chi connectivity index (χ4n) is 2.23. The fraction of sp³-hybridized carbons (Fsp3) is 0.357. The number of aliphatic hydroxyl groups is 1. The van der Waals surface area contributed by atoms with E-state index in [1.165, 1.54) is 23.9 Å². The summed E-state index contributed by atoms with van der Waals surface area (Å²) in [4.78, 5) is 0. The van der Waals surface area contributed by atoms with E-state index in [0.29, 0.717) is 22.7 Å². The van der Waals surface area contributed by atoms with Gasteiger partial charge in [0, 0.05) is 7.05 Å². The van der Waals surface area contributed by atoms with Crippen molar-refractivity contribution in [2.24, 2.45) is 7.05 Å². The zero-order valence-corrected chi connectivity index (χ0v) is 11.8. The minimum atomic E-state index is -4.40. The van der Waals surface area contributed by atoms with E-state index in [9.17, 15) is 18.3 Å². The summed E-state index contributed by atoms with van der Waals surface area (Å²) in [6, 6.07) is 4.38. The number of halogens is 3. The number of hydrogen-bond acceptors (Lipinski definition) is 3. The van der Waals surface area contributed by atoms with Gasteiger partial charge in [-0.15, -0.1) is 0 Å². The molecule has 0 aliphatic heterocycles. The van der Waals surface area contributed by atoms with Gasteiger partial charge in [0.05, 0.1) is 23.9 Å². The third kappa shape index (κ3) is 2.87. The molecular formula is C14H15F3N2O2. The maximum Gasteiger partial charge on any atom is 0.416 e. The summed E-state index contributed by atoms with van der Waals surface area (Å²) in [5.74, 6) is 0.375. The zero-order chi connectivity index (χ0) is 15.8. The molecule has 0 aliphatic rings. The van der Waals surface area contributed by atoms with Crippen molar-refractivity contribution in [1.29, 1.82) is 0 Å². The second kappa shape index (κ2) is 5.40. The van der Waals surface area contributed by atoms with Crippen molar-refractivity contribution in [2.75, 3.05) is 7.11 Å². The molecule has 7 heteroatoms. The van der Waals surface area contributed by atoms with Crippen LogP contribution in [0, 0.1) is 6.92 Å². The molecule has 1 unspecified atom stereocenters. The molecule has 0 spiro atoms. The number of aliphatic hydroxyl groups excluding tert-OH is 1. The van der Waals surface area contributed by atoms with Crippen molar-refractivity contribution in [2.45, 2.75) is 19.2 Å². The summed E-state index contributed by atoms with van der Waals surface area (Å²) in [7, 11) is 3.11. The van der Waals surface area contributed by atoms with Crippen molar-refractivity contribution >= 4 is 0 Å². The van der Waals surface area contributed by atoms with Crippen LogP contribution >= 0.6 is 0 Å². The molecule has 0 radical (unpaired) electrons. The van der Waals surface area contributed by atoms with Crippen LogP contribution in [0.5, 0.6) is 5.88 Å². The maximum atomic E-state index is 12.5. The molecule has 1 heterocycles. The summed E-state index contributed by atoms with van der Waals surface area (Å²) in [5.41, 5.74) is 0.590. The Bertz CT molecular complexity index is 633. The Morgan fingerprint density at radius 2 is 1.81 bits per heavy atom. The summed E-state index contributed by atoms with van der Waals surface area (Å²) < 4.78 is 44.3. The Kier molecular flexibility index (Phi) is 3.95. The first-order valence-corrected chi connectivity index (χ1v) is 6.18. The Labute approximate surface area is 119 Å². The zero-order valence-electron chi connectivity index (χ0n) is 11.8. The van der Waals surface area contributed by atoms with E-state index in [0.717, 1.165) is 12.1 Å². The lowest BCUT2D eigenvalue weighted by atomic mass is 10.0. The van der Waals surface area contributed by atoms with Crippen LogP contribution in [0.15, 0.2) is 24.3 Å². The third-order valence-electron chi connectivity index (χ3n) is 3.23. The molecule has 0 fully saturated rings. The smallest absolute Gasteiger partial charge is 0.416 e. The number of alkyl halides is 3. The number of rotatable bonds is 3.